The van der Waals surface area contributed by atoms with Gasteiger partial charge in [0.05, 0.1) is 7.11 Å². The molecule has 0 aliphatic heterocycles. The first-order valence-corrected chi connectivity index (χ1v) is 3.64. The van der Waals surface area contributed by atoms with Crippen molar-refractivity contribution in [1.82, 2.24) is 0 Å². The Balaban J connectivity index is 2.84. The molecular weight excluding hydrogens is 162 g/mol. The summed E-state index contributed by atoms with van der Waals surface area (Å²) >= 11 is 0. The number of esters is 1. The molecule has 0 saturated heterocycles. The molecule has 12 heavy (non-hydrogen) atoms. The Morgan fingerprint density at radius 3 is 2.33 bits per heavy atom. The van der Waals surface area contributed by atoms with Crippen LogP contribution in [0.5, 0.6) is 0 Å². The number of carboxylic acid groups (broad SMARTS) is 1. The molecular formula is C7H11NO4. The third kappa shape index (κ3) is 1.16. The van der Waals surface area contributed by atoms with Gasteiger partial charge in [-0.2, -0.15) is 0 Å². The highest BCUT2D eigenvalue weighted by atomic mass is 16.5. The van der Waals surface area contributed by atoms with Crippen LogP contribution in [0.1, 0.15) is 12.8 Å². The van der Waals surface area contributed by atoms with Crippen molar-refractivity contribution >= 4 is 11.9 Å². The fourth-order valence-corrected chi connectivity index (χ4v) is 1.14. The number of aliphatic carboxylic acids is 1. The van der Waals surface area contributed by atoms with E-state index in [1.807, 2.05) is 0 Å². The Hall–Kier alpha value is -1.10. The van der Waals surface area contributed by atoms with Crippen LogP contribution in [0.25, 0.3) is 0 Å². The van der Waals surface area contributed by atoms with Gasteiger partial charge in [0.1, 0.15) is 0 Å². The molecule has 0 radical (unpaired) electrons. The fourth-order valence-electron chi connectivity index (χ4n) is 1.14. The summed E-state index contributed by atoms with van der Waals surface area (Å²) in [6.07, 6.45) is 1.36. The molecule has 3 N–H and O–H groups in total. The van der Waals surface area contributed by atoms with Gasteiger partial charge in [0, 0.05) is 0 Å². The van der Waals surface area contributed by atoms with Crippen molar-refractivity contribution in [2.24, 2.45) is 11.7 Å². The van der Waals surface area contributed by atoms with Crippen LogP contribution in [0, 0.1) is 5.92 Å². The van der Waals surface area contributed by atoms with Crippen LogP contribution in [0.15, 0.2) is 0 Å². The first-order valence-electron chi connectivity index (χ1n) is 3.64. The lowest BCUT2D eigenvalue weighted by Crippen LogP contribution is -2.57. The molecule has 0 aromatic carbocycles. The molecule has 0 aromatic rings. The smallest absolute Gasteiger partial charge is 0.337 e. The van der Waals surface area contributed by atoms with E-state index < -0.39 is 17.5 Å². The molecule has 1 fully saturated rings. The molecule has 5 heteroatoms. The molecule has 1 saturated carbocycles. The summed E-state index contributed by atoms with van der Waals surface area (Å²) < 4.78 is 4.33. The van der Waals surface area contributed by atoms with Crippen molar-refractivity contribution in [1.29, 1.82) is 0 Å². The third-order valence-corrected chi connectivity index (χ3v) is 2.10. The minimum atomic E-state index is -1.82. The number of carbonyl (C=O) groups excluding carboxylic acids is 1. The van der Waals surface area contributed by atoms with Crippen LogP contribution in [-0.2, 0) is 14.3 Å². The van der Waals surface area contributed by atoms with Gasteiger partial charge in [-0.05, 0) is 18.8 Å². The summed E-state index contributed by atoms with van der Waals surface area (Å²) in [5, 5.41) is 8.72. The van der Waals surface area contributed by atoms with Crippen molar-refractivity contribution in [3.63, 3.8) is 0 Å². The summed E-state index contributed by atoms with van der Waals surface area (Å²) in [5.74, 6) is -2.43. The Morgan fingerprint density at radius 2 is 2.08 bits per heavy atom. The standard InChI is InChI=1S/C7H11NO4/c1-12-6(11)7(8,5(9)10)4-2-3-4/h4H,2-3,8H2,1H3,(H,9,10). The fraction of sp³-hybridized carbons (Fsp3) is 0.714. The average Bonchev–Trinajstić information content (AvgIpc) is 2.83. The molecule has 1 aliphatic carbocycles. The van der Waals surface area contributed by atoms with E-state index in [4.69, 9.17) is 10.8 Å². The second-order valence-electron chi connectivity index (χ2n) is 2.94. The predicted molar refractivity (Wildman–Crippen MR) is 39.3 cm³/mol. The number of carbonyl (C=O) groups is 2. The van der Waals surface area contributed by atoms with Gasteiger partial charge in [0.25, 0.3) is 0 Å². The highest BCUT2D eigenvalue weighted by Crippen LogP contribution is 2.39. The van der Waals surface area contributed by atoms with Crippen LogP contribution >= 0.6 is 0 Å². The second kappa shape index (κ2) is 2.75. The minimum absolute atomic E-state index is 0.262. The Labute approximate surface area is 69.5 Å². The van der Waals surface area contributed by atoms with Gasteiger partial charge in [0.15, 0.2) is 0 Å². The number of hydrogen-bond acceptors (Lipinski definition) is 4. The largest absolute Gasteiger partial charge is 0.479 e. The maximum absolute atomic E-state index is 11.0. The molecule has 1 atom stereocenters. The second-order valence-corrected chi connectivity index (χ2v) is 2.94. The van der Waals surface area contributed by atoms with Gasteiger partial charge in [-0.1, -0.05) is 0 Å². The van der Waals surface area contributed by atoms with E-state index in [1.54, 1.807) is 0 Å². The lowest BCUT2D eigenvalue weighted by molar-refractivity contribution is -0.160. The first-order chi connectivity index (χ1) is 5.53. The highest BCUT2D eigenvalue weighted by molar-refractivity contribution is 6.04. The molecule has 68 valence electrons. The molecule has 0 bridgehead atoms. The van der Waals surface area contributed by atoms with E-state index in [-0.39, 0.29) is 5.92 Å². The SMILES string of the molecule is COC(=O)C(N)(C(=O)O)C1CC1. The monoisotopic (exact) mass is 173 g/mol. The molecule has 0 spiro atoms. The molecule has 1 unspecified atom stereocenters. The summed E-state index contributed by atoms with van der Waals surface area (Å²) in [7, 11) is 1.13. The summed E-state index contributed by atoms with van der Waals surface area (Å²) in [6, 6.07) is 0. The lowest BCUT2D eigenvalue weighted by Gasteiger charge is -2.20. The van der Waals surface area contributed by atoms with Gasteiger partial charge < -0.3 is 15.6 Å². The number of methoxy groups -OCH3 is 1. The Morgan fingerprint density at radius 1 is 1.58 bits per heavy atom. The van der Waals surface area contributed by atoms with Crippen molar-refractivity contribution < 1.29 is 19.4 Å². The van der Waals surface area contributed by atoms with Crippen LogP contribution in [-0.4, -0.2) is 29.7 Å². The summed E-state index contributed by atoms with van der Waals surface area (Å²) in [4.78, 5) is 21.7. The molecule has 5 nitrogen and oxygen atoms in total. The zero-order valence-electron chi connectivity index (χ0n) is 6.74. The van der Waals surface area contributed by atoms with E-state index >= 15 is 0 Å². The zero-order valence-corrected chi connectivity index (χ0v) is 6.74. The third-order valence-electron chi connectivity index (χ3n) is 2.10. The lowest BCUT2D eigenvalue weighted by atomic mass is 9.95. The van der Waals surface area contributed by atoms with Crippen molar-refractivity contribution in [2.75, 3.05) is 7.11 Å². The van der Waals surface area contributed by atoms with Crippen molar-refractivity contribution in [3.8, 4) is 0 Å². The van der Waals surface area contributed by atoms with E-state index in [0.29, 0.717) is 12.8 Å². The Bertz CT molecular complexity index is 223. The maximum atomic E-state index is 11.0. The van der Waals surface area contributed by atoms with Crippen LogP contribution < -0.4 is 5.73 Å². The molecule has 0 amide bonds. The van der Waals surface area contributed by atoms with Gasteiger partial charge in [-0.15, -0.1) is 0 Å². The molecule has 1 rings (SSSR count). The van der Waals surface area contributed by atoms with Crippen molar-refractivity contribution in [3.05, 3.63) is 0 Å². The molecule has 1 aliphatic rings. The first kappa shape index (κ1) is 8.99. The van der Waals surface area contributed by atoms with E-state index in [0.717, 1.165) is 7.11 Å². The van der Waals surface area contributed by atoms with Gasteiger partial charge in [-0.3, -0.25) is 0 Å². The number of ether oxygens (including phenoxy) is 1. The zero-order chi connectivity index (χ0) is 9.35. The van der Waals surface area contributed by atoms with Gasteiger partial charge in [0.2, 0.25) is 5.54 Å². The summed E-state index contributed by atoms with van der Waals surface area (Å²) in [6.45, 7) is 0. The number of hydrogen-bond donors (Lipinski definition) is 2. The van der Waals surface area contributed by atoms with Crippen LogP contribution in [0.4, 0.5) is 0 Å². The molecule has 0 aromatic heterocycles. The average molecular weight is 173 g/mol. The quantitative estimate of drug-likeness (QED) is 0.437. The van der Waals surface area contributed by atoms with E-state index in [1.165, 1.54) is 0 Å². The molecule has 0 heterocycles. The minimum Gasteiger partial charge on any atom is -0.479 e. The van der Waals surface area contributed by atoms with E-state index in [2.05, 4.69) is 4.74 Å². The van der Waals surface area contributed by atoms with Crippen molar-refractivity contribution in [2.45, 2.75) is 18.4 Å². The van der Waals surface area contributed by atoms with E-state index in [9.17, 15) is 9.59 Å². The summed E-state index contributed by atoms with van der Waals surface area (Å²) in [5.41, 5.74) is 3.60. The highest BCUT2D eigenvalue weighted by Gasteiger charge is 2.55. The number of nitrogens with two attached hydrogens (primary N) is 1. The van der Waals surface area contributed by atoms with Crippen LogP contribution in [0.2, 0.25) is 0 Å². The van der Waals surface area contributed by atoms with Gasteiger partial charge >= 0.3 is 11.9 Å². The Kier molecular flexibility index (Phi) is 2.06. The van der Waals surface area contributed by atoms with Crippen LogP contribution in [0.3, 0.4) is 0 Å². The predicted octanol–water partition coefficient (Wildman–Crippen LogP) is -0.648. The normalized spacial score (nSPS) is 21.2. The maximum Gasteiger partial charge on any atom is 0.337 e. The topological polar surface area (TPSA) is 89.6 Å². The van der Waals surface area contributed by atoms with Gasteiger partial charge in [-0.25, -0.2) is 9.59 Å². The number of rotatable bonds is 3. The number of carboxylic acids is 1.